The van der Waals surface area contributed by atoms with Gasteiger partial charge in [0.05, 0.1) is 12.1 Å². The Bertz CT molecular complexity index is 1430. The summed E-state index contributed by atoms with van der Waals surface area (Å²) < 4.78 is 51.0. The largest absolute Gasteiger partial charge is 0.460 e. The summed E-state index contributed by atoms with van der Waals surface area (Å²) in [6, 6.07) is 11.0. The summed E-state index contributed by atoms with van der Waals surface area (Å²) in [4.78, 5) is 41.5. The number of rotatable bonds is 5. The lowest BCUT2D eigenvalue weighted by molar-refractivity contribution is -0.152. The Morgan fingerprint density at radius 3 is 2.59 bits per heavy atom. The van der Waals surface area contributed by atoms with Crippen LogP contribution in [0.4, 0.5) is 23.7 Å². The number of carbonyl (C=O) groups is 2. The van der Waals surface area contributed by atoms with Crippen LogP contribution in [0.25, 0.3) is 22.0 Å². The highest BCUT2D eigenvalue weighted by atomic mass is 19.4. The molecule has 1 aliphatic heterocycles. The van der Waals surface area contributed by atoms with E-state index < -0.39 is 41.0 Å². The molecule has 1 amide bonds. The Hall–Kier alpha value is -3.86. The molecule has 0 unspecified atom stereocenters. The fourth-order valence-electron chi connectivity index (χ4n) is 4.87. The van der Waals surface area contributed by atoms with Gasteiger partial charge in [0.15, 0.2) is 6.10 Å². The van der Waals surface area contributed by atoms with E-state index in [1.165, 1.54) is 35.2 Å². The van der Waals surface area contributed by atoms with Crippen molar-refractivity contribution in [3.05, 3.63) is 64.4 Å². The van der Waals surface area contributed by atoms with Crippen molar-refractivity contribution in [2.24, 2.45) is 5.73 Å². The summed E-state index contributed by atoms with van der Waals surface area (Å²) in [5.74, 6) is -0.514. The first-order valence-electron chi connectivity index (χ1n) is 11.8. The number of hydrogen-bond donors (Lipinski definition) is 2. The van der Waals surface area contributed by atoms with E-state index in [4.69, 9.17) is 15.2 Å². The maximum absolute atomic E-state index is 13.5. The van der Waals surface area contributed by atoms with Crippen LogP contribution in [-0.4, -0.2) is 41.8 Å². The topological polar surface area (TPSA) is 115 Å². The molecule has 1 saturated carbocycles. The van der Waals surface area contributed by atoms with Gasteiger partial charge in [-0.05, 0) is 42.5 Å². The molecule has 2 heterocycles. The van der Waals surface area contributed by atoms with E-state index in [9.17, 15) is 27.6 Å². The summed E-state index contributed by atoms with van der Waals surface area (Å²) in [6.45, 7) is -0.0553. The third-order valence-electron chi connectivity index (χ3n) is 6.84. The van der Waals surface area contributed by atoms with Gasteiger partial charge in [-0.15, -0.1) is 0 Å². The number of benzene rings is 2. The lowest BCUT2D eigenvalue weighted by Crippen LogP contribution is -2.47. The standard InChI is InChI=1S/C26H24F3N3O5/c27-26(28,29)20-6-2-1-5-18(20)21-11-15-7-8-16(12-19(15)22(33)31-21)32-13-17(37-24(32)35)14-36-23(34)25(30)9-3-4-10-25/h1-2,5-8,11-12,17H,3-4,9-10,13-14,30H2,(H,31,33)/t17-/m1/s1. The minimum atomic E-state index is -4.59. The molecule has 1 atom stereocenters. The molecule has 1 aliphatic carbocycles. The van der Waals surface area contributed by atoms with Crippen LogP contribution in [0.5, 0.6) is 0 Å². The molecule has 194 valence electrons. The van der Waals surface area contributed by atoms with Crippen molar-refractivity contribution in [1.29, 1.82) is 0 Å². The van der Waals surface area contributed by atoms with E-state index in [0.29, 0.717) is 23.9 Å². The van der Waals surface area contributed by atoms with E-state index in [1.807, 2.05) is 0 Å². The van der Waals surface area contributed by atoms with Gasteiger partial charge in [0.2, 0.25) is 0 Å². The fourth-order valence-corrected chi connectivity index (χ4v) is 4.87. The number of nitrogens with one attached hydrogen (secondary N) is 1. The van der Waals surface area contributed by atoms with Gasteiger partial charge in [-0.3, -0.25) is 14.5 Å². The lowest BCUT2D eigenvalue weighted by atomic mass is 10.00. The second-order valence-corrected chi connectivity index (χ2v) is 9.41. The maximum atomic E-state index is 13.5. The van der Waals surface area contributed by atoms with E-state index in [-0.39, 0.29) is 29.8 Å². The summed E-state index contributed by atoms with van der Waals surface area (Å²) >= 11 is 0. The molecule has 1 saturated heterocycles. The van der Waals surface area contributed by atoms with E-state index >= 15 is 0 Å². The Morgan fingerprint density at radius 2 is 1.86 bits per heavy atom. The smallest absolute Gasteiger partial charge is 0.417 e. The molecule has 11 heteroatoms. The zero-order chi connectivity index (χ0) is 26.4. The average molecular weight is 515 g/mol. The molecule has 1 aromatic heterocycles. The van der Waals surface area contributed by atoms with E-state index in [2.05, 4.69) is 4.98 Å². The maximum Gasteiger partial charge on any atom is 0.417 e. The van der Waals surface area contributed by atoms with Crippen molar-refractivity contribution < 1.29 is 32.2 Å². The molecular weight excluding hydrogens is 491 g/mol. The summed E-state index contributed by atoms with van der Waals surface area (Å²) in [6.07, 6.45) is -3.15. The summed E-state index contributed by atoms with van der Waals surface area (Å²) in [5, 5.41) is 0.599. The summed E-state index contributed by atoms with van der Waals surface area (Å²) in [7, 11) is 0. The number of aromatic nitrogens is 1. The molecule has 0 bridgehead atoms. The fraction of sp³-hybridized carbons (Fsp3) is 0.346. The van der Waals surface area contributed by atoms with Gasteiger partial charge in [-0.2, -0.15) is 13.2 Å². The number of fused-ring (bicyclic) bond motifs is 1. The van der Waals surface area contributed by atoms with Crippen molar-refractivity contribution in [2.45, 2.75) is 43.5 Å². The van der Waals surface area contributed by atoms with Crippen LogP contribution in [-0.2, 0) is 20.4 Å². The van der Waals surface area contributed by atoms with E-state index in [1.54, 1.807) is 12.1 Å². The first kappa shape index (κ1) is 24.8. The van der Waals surface area contributed by atoms with Crippen molar-refractivity contribution in [2.75, 3.05) is 18.1 Å². The number of anilines is 1. The number of ether oxygens (including phenoxy) is 2. The molecule has 3 N–H and O–H groups in total. The Labute approximate surface area is 209 Å². The quantitative estimate of drug-likeness (QED) is 0.488. The van der Waals surface area contributed by atoms with Gasteiger partial charge in [-0.25, -0.2) is 4.79 Å². The van der Waals surface area contributed by atoms with Gasteiger partial charge in [0.25, 0.3) is 5.56 Å². The number of cyclic esters (lactones) is 1. The average Bonchev–Trinajstić information content (AvgIpc) is 3.48. The number of hydrogen-bond acceptors (Lipinski definition) is 6. The minimum absolute atomic E-state index is 0.0283. The highest BCUT2D eigenvalue weighted by Crippen LogP contribution is 2.37. The van der Waals surface area contributed by atoms with Crippen molar-refractivity contribution in [3.63, 3.8) is 0 Å². The molecule has 0 radical (unpaired) electrons. The van der Waals surface area contributed by atoms with Gasteiger partial charge in [0.1, 0.15) is 12.1 Å². The Morgan fingerprint density at radius 1 is 1.14 bits per heavy atom. The molecule has 2 aromatic carbocycles. The van der Waals surface area contributed by atoms with Crippen LogP contribution in [0.1, 0.15) is 31.2 Å². The molecule has 3 aromatic rings. The third kappa shape index (κ3) is 4.78. The number of nitrogens with zero attached hydrogens (tertiary/aromatic N) is 1. The van der Waals surface area contributed by atoms with Gasteiger partial charge < -0.3 is 20.2 Å². The van der Waals surface area contributed by atoms with Crippen LogP contribution >= 0.6 is 0 Å². The molecule has 8 nitrogen and oxygen atoms in total. The second kappa shape index (κ2) is 9.22. The van der Waals surface area contributed by atoms with Gasteiger partial charge >= 0.3 is 18.2 Å². The number of aromatic amines is 1. The number of pyridine rings is 1. The summed E-state index contributed by atoms with van der Waals surface area (Å²) in [5.41, 5.74) is 3.89. The first-order valence-corrected chi connectivity index (χ1v) is 11.8. The van der Waals surface area contributed by atoms with E-state index in [0.717, 1.165) is 18.9 Å². The molecular formula is C26H24F3N3O5. The van der Waals surface area contributed by atoms with Gasteiger partial charge in [0, 0.05) is 22.3 Å². The molecule has 37 heavy (non-hydrogen) atoms. The van der Waals surface area contributed by atoms with Crippen molar-refractivity contribution in [1.82, 2.24) is 4.98 Å². The number of amides is 1. The number of alkyl halides is 3. The normalized spacial score (nSPS) is 19.3. The highest BCUT2D eigenvalue weighted by Gasteiger charge is 2.40. The van der Waals surface area contributed by atoms with Crippen molar-refractivity contribution in [3.8, 4) is 11.3 Å². The monoisotopic (exact) mass is 515 g/mol. The molecule has 5 rings (SSSR count). The molecule has 2 aliphatic rings. The lowest BCUT2D eigenvalue weighted by Gasteiger charge is -2.21. The SMILES string of the molecule is NC1(C(=O)OC[C@H]2CN(c3ccc4cc(-c5ccccc5C(F)(F)F)[nH]c(=O)c4c3)C(=O)O2)CCCC1. The van der Waals surface area contributed by atoms with Gasteiger partial charge in [-0.1, -0.05) is 37.1 Å². The Kier molecular flexibility index (Phi) is 6.18. The van der Waals surface area contributed by atoms with Crippen LogP contribution in [0.2, 0.25) is 0 Å². The molecule has 2 fully saturated rings. The number of esters is 1. The zero-order valence-corrected chi connectivity index (χ0v) is 19.6. The number of nitrogens with two attached hydrogens (primary N) is 1. The van der Waals surface area contributed by atoms with Crippen LogP contribution < -0.4 is 16.2 Å². The van der Waals surface area contributed by atoms with Crippen LogP contribution in [0.15, 0.2) is 53.3 Å². The minimum Gasteiger partial charge on any atom is -0.460 e. The predicted molar refractivity (Wildman–Crippen MR) is 129 cm³/mol. The zero-order valence-electron chi connectivity index (χ0n) is 19.6. The van der Waals surface area contributed by atoms with Crippen LogP contribution in [0, 0.1) is 0 Å². The second-order valence-electron chi connectivity index (χ2n) is 9.41. The highest BCUT2D eigenvalue weighted by molar-refractivity contribution is 5.95. The number of H-pyrrole nitrogens is 1. The molecule has 0 spiro atoms. The van der Waals surface area contributed by atoms with Crippen molar-refractivity contribution >= 4 is 28.5 Å². The first-order chi connectivity index (χ1) is 17.5. The number of carbonyl (C=O) groups excluding carboxylic acids is 2. The Balaban J connectivity index is 1.35. The number of halogens is 3. The predicted octanol–water partition coefficient (Wildman–Crippen LogP) is 4.35. The third-order valence-corrected chi connectivity index (χ3v) is 6.84. The van der Waals surface area contributed by atoms with Crippen LogP contribution in [0.3, 0.4) is 0 Å².